The number of ether oxygens (including phenoxy) is 7. The van der Waals surface area contributed by atoms with E-state index in [4.69, 9.17) is 33.2 Å². The summed E-state index contributed by atoms with van der Waals surface area (Å²) < 4.78 is 45.6. The van der Waals surface area contributed by atoms with Crippen LogP contribution in [0, 0.1) is 22.7 Å². The molecule has 12 heteroatoms. The third-order valence-electron chi connectivity index (χ3n) is 11.3. The lowest BCUT2D eigenvalue weighted by molar-refractivity contribution is -0.353. The van der Waals surface area contributed by atoms with Crippen LogP contribution in [0.15, 0.2) is 39.9 Å². The maximum absolute atomic E-state index is 14.2. The van der Waals surface area contributed by atoms with E-state index in [-0.39, 0.29) is 13.0 Å². The fourth-order valence-electron chi connectivity index (χ4n) is 9.56. The van der Waals surface area contributed by atoms with Gasteiger partial charge in [0.2, 0.25) is 0 Å². The summed E-state index contributed by atoms with van der Waals surface area (Å²) in [4.78, 5) is 52.5. The largest absolute Gasteiger partial charge is 0.462 e. The molecule has 2 saturated carbocycles. The number of carbonyl (C=O) groups excluding carboxylic acids is 4. The molecule has 2 heterocycles. The first-order valence-corrected chi connectivity index (χ1v) is 17.3. The summed E-state index contributed by atoms with van der Waals surface area (Å²) in [6.07, 6.45) is -3.97. The van der Waals surface area contributed by atoms with Gasteiger partial charge in [0, 0.05) is 43.0 Å². The number of benzene rings is 1. The molecule has 2 aliphatic heterocycles. The number of halogens is 1. The lowest BCUT2D eigenvalue weighted by Gasteiger charge is -2.67. The lowest BCUT2D eigenvalue weighted by atomic mass is 9.45. The molecule has 0 aromatic heterocycles. The van der Waals surface area contributed by atoms with Crippen LogP contribution in [0.5, 0.6) is 0 Å². The topological polar surface area (TPSA) is 133 Å². The van der Waals surface area contributed by atoms with E-state index in [0.717, 1.165) is 11.1 Å². The molecular formula is C36H45BrO11. The molecule has 2 saturated heterocycles. The average Bonchev–Trinajstić information content (AvgIpc) is 3.28. The van der Waals surface area contributed by atoms with Gasteiger partial charge < -0.3 is 33.2 Å². The molecule has 5 aliphatic rings. The molecular weight excluding hydrogens is 688 g/mol. The Balaban J connectivity index is 1.66. The fourth-order valence-corrected chi connectivity index (χ4v) is 9.96. The van der Waals surface area contributed by atoms with Gasteiger partial charge in [-0.15, -0.1) is 0 Å². The van der Waals surface area contributed by atoms with Gasteiger partial charge >= 0.3 is 23.9 Å². The number of rotatable bonds is 5. The molecule has 2 bridgehead atoms. The third kappa shape index (κ3) is 5.51. The van der Waals surface area contributed by atoms with Gasteiger partial charge in [-0.3, -0.25) is 14.4 Å². The second kappa shape index (κ2) is 11.9. The Morgan fingerprint density at radius 2 is 1.58 bits per heavy atom. The molecule has 0 unspecified atom stereocenters. The number of hydrogen-bond donors (Lipinski definition) is 0. The molecule has 0 amide bonds. The summed E-state index contributed by atoms with van der Waals surface area (Å²) in [6, 6.07) is 6.91. The van der Waals surface area contributed by atoms with Crippen LogP contribution in [0.2, 0.25) is 0 Å². The summed E-state index contributed by atoms with van der Waals surface area (Å²) in [7, 11) is 0. The van der Waals surface area contributed by atoms with Crippen LogP contribution < -0.4 is 0 Å². The van der Waals surface area contributed by atoms with E-state index in [1.165, 1.54) is 20.8 Å². The van der Waals surface area contributed by atoms with Crippen LogP contribution in [-0.2, 0) is 47.5 Å². The molecule has 4 fully saturated rings. The lowest BCUT2D eigenvalue weighted by Crippen LogP contribution is -2.80. The molecule has 11 nitrogen and oxygen atoms in total. The van der Waals surface area contributed by atoms with E-state index >= 15 is 0 Å². The summed E-state index contributed by atoms with van der Waals surface area (Å²) in [5.74, 6) is -4.42. The highest BCUT2D eigenvalue weighted by molar-refractivity contribution is 9.10. The number of carbonyl (C=O) groups is 4. The minimum absolute atomic E-state index is 0.0408. The van der Waals surface area contributed by atoms with E-state index in [1.807, 2.05) is 33.8 Å². The van der Waals surface area contributed by atoms with Crippen molar-refractivity contribution in [1.29, 1.82) is 0 Å². The molecule has 6 rings (SSSR count). The zero-order chi connectivity index (χ0) is 35.1. The van der Waals surface area contributed by atoms with Crippen molar-refractivity contribution >= 4 is 39.8 Å². The van der Waals surface area contributed by atoms with Crippen LogP contribution in [0.4, 0.5) is 0 Å². The molecule has 1 aromatic carbocycles. The molecule has 10 atom stereocenters. The summed E-state index contributed by atoms with van der Waals surface area (Å²) in [5.41, 5.74) is -1.08. The zero-order valence-corrected chi connectivity index (χ0v) is 30.5. The molecule has 0 spiro atoms. The Labute approximate surface area is 289 Å². The van der Waals surface area contributed by atoms with Gasteiger partial charge in [-0.2, -0.15) is 0 Å². The molecule has 262 valence electrons. The van der Waals surface area contributed by atoms with Crippen LogP contribution in [0.25, 0.3) is 0 Å². The highest BCUT2D eigenvalue weighted by Gasteiger charge is 2.77. The van der Waals surface area contributed by atoms with Crippen molar-refractivity contribution in [2.45, 2.75) is 123 Å². The Bertz CT molecular complexity index is 1570. The fraction of sp³-hybridized carbons (Fsp3) is 0.667. The van der Waals surface area contributed by atoms with E-state index in [2.05, 4.69) is 29.8 Å². The third-order valence-corrected chi connectivity index (χ3v) is 11.8. The molecule has 3 aliphatic carbocycles. The van der Waals surface area contributed by atoms with Crippen LogP contribution in [0.1, 0.15) is 85.5 Å². The summed E-state index contributed by atoms with van der Waals surface area (Å²) in [6.45, 7) is 15.8. The smallest absolute Gasteiger partial charge is 0.338 e. The van der Waals surface area contributed by atoms with Crippen LogP contribution >= 0.6 is 15.9 Å². The van der Waals surface area contributed by atoms with E-state index in [1.54, 1.807) is 18.2 Å². The van der Waals surface area contributed by atoms with Crippen molar-refractivity contribution in [3.63, 3.8) is 0 Å². The van der Waals surface area contributed by atoms with Crippen molar-refractivity contribution in [3.8, 4) is 0 Å². The first kappa shape index (κ1) is 35.0. The van der Waals surface area contributed by atoms with Gasteiger partial charge in [0.15, 0.2) is 11.4 Å². The van der Waals surface area contributed by atoms with Crippen molar-refractivity contribution in [3.05, 3.63) is 45.4 Å². The summed E-state index contributed by atoms with van der Waals surface area (Å²) >= 11 is 3.46. The summed E-state index contributed by atoms with van der Waals surface area (Å²) in [5, 5.41) is 0. The van der Waals surface area contributed by atoms with Crippen LogP contribution in [-0.4, -0.2) is 78.5 Å². The Morgan fingerprint density at radius 3 is 2.17 bits per heavy atom. The standard InChI is InChI=1S/C36H45BrO11/c1-17-24(43-18(2)38)14-23-28(45-32(41)21-11-10-12-22(37)13-21)30-35(9,31-29(27(17)33(23,5)6)47-34(7,8)48-31)25(44-19(3)39)15-26-36(30,16-42-26)46-20(4)40/h10-13,23-26,28-31H,14-16H2,1-9H3/t23-,24-,25-,26+,28+,29+,30-,31-,35+,36-/m0/s1. The Hall–Kier alpha value is -2.80. The van der Waals surface area contributed by atoms with Gasteiger partial charge in [-0.1, -0.05) is 42.8 Å². The van der Waals surface area contributed by atoms with Crippen molar-refractivity contribution in [2.75, 3.05) is 6.61 Å². The van der Waals surface area contributed by atoms with E-state index in [9.17, 15) is 19.2 Å². The number of esters is 4. The highest BCUT2D eigenvalue weighted by atomic mass is 79.9. The maximum atomic E-state index is 14.2. The van der Waals surface area contributed by atoms with Crippen molar-refractivity contribution in [1.82, 2.24) is 0 Å². The molecule has 1 aromatic rings. The van der Waals surface area contributed by atoms with Gasteiger partial charge in [0.25, 0.3) is 0 Å². The zero-order valence-electron chi connectivity index (χ0n) is 28.9. The van der Waals surface area contributed by atoms with E-state index < -0.39 is 94.6 Å². The molecule has 0 radical (unpaired) electrons. The monoisotopic (exact) mass is 732 g/mol. The van der Waals surface area contributed by atoms with Gasteiger partial charge in [0.1, 0.15) is 36.6 Å². The highest BCUT2D eigenvalue weighted by Crippen LogP contribution is 2.66. The second-order valence-electron chi connectivity index (χ2n) is 15.1. The van der Waals surface area contributed by atoms with Crippen LogP contribution in [0.3, 0.4) is 0 Å². The minimum atomic E-state index is -1.26. The van der Waals surface area contributed by atoms with E-state index in [0.29, 0.717) is 16.5 Å². The van der Waals surface area contributed by atoms with Gasteiger partial charge in [-0.25, -0.2) is 4.79 Å². The number of hydrogen-bond acceptors (Lipinski definition) is 11. The molecule has 48 heavy (non-hydrogen) atoms. The first-order chi connectivity index (χ1) is 22.3. The van der Waals surface area contributed by atoms with Gasteiger partial charge in [-0.05, 0) is 62.0 Å². The second-order valence-corrected chi connectivity index (χ2v) is 16.1. The number of fused-ring (bicyclic) bond motifs is 8. The Kier molecular flexibility index (Phi) is 8.70. The SMILES string of the molecule is CC(=O)O[C@H]1C[C@H]2[C@@H](OC(=O)c3cccc(Br)c3)[C@@H]3[C@]4(OC(C)=O)CO[C@@H]4C[C@H](OC(C)=O)[C@@]3(C)[C@H]3OC(C)(C)O[C@@H]3C(=C1C)C2(C)C. The Morgan fingerprint density at radius 1 is 0.896 bits per heavy atom. The van der Waals surface area contributed by atoms with Crippen molar-refractivity contribution < 1.29 is 52.3 Å². The normalized spacial score (nSPS) is 38.9. The quantitative estimate of drug-likeness (QED) is 0.217. The minimum Gasteiger partial charge on any atom is -0.462 e. The predicted molar refractivity (Wildman–Crippen MR) is 173 cm³/mol. The molecule has 0 N–H and O–H groups in total. The van der Waals surface area contributed by atoms with Crippen molar-refractivity contribution in [2.24, 2.45) is 22.7 Å². The van der Waals surface area contributed by atoms with Gasteiger partial charge in [0.05, 0.1) is 18.1 Å². The average molecular weight is 734 g/mol. The first-order valence-electron chi connectivity index (χ1n) is 16.5. The maximum Gasteiger partial charge on any atom is 0.338 e. The predicted octanol–water partition coefficient (Wildman–Crippen LogP) is 5.46.